The zero-order valence-electron chi connectivity index (χ0n) is 32.0. The number of rotatable bonds is 4. The molecule has 0 aromatic heterocycles. The second-order valence-corrected chi connectivity index (χ2v) is 16.4. The van der Waals surface area contributed by atoms with Gasteiger partial charge in [-0.2, -0.15) is 0 Å². The summed E-state index contributed by atoms with van der Waals surface area (Å²) in [5, 5.41) is 2.58. The molecule has 0 saturated heterocycles. The van der Waals surface area contributed by atoms with Gasteiger partial charge in [0.15, 0.2) is 0 Å². The van der Waals surface area contributed by atoms with Gasteiger partial charge < -0.3 is 4.90 Å². The lowest BCUT2D eigenvalue weighted by molar-refractivity contribution is 0.660. The molecule has 0 aliphatic heterocycles. The van der Waals surface area contributed by atoms with Gasteiger partial charge in [-0.05, 0) is 113 Å². The maximum absolute atomic E-state index is 2.52. The Kier molecular flexibility index (Phi) is 6.67. The molecule has 1 nitrogen and oxygen atoms in total. The van der Waals surface area contributed by atoms with Gasteiger partial charge in [-0.15, -0.1) is 0 Å². The lowest BCUT2D eigenvalue weighted by Crippen LogP contribution is -2.26. The first-order valence-corrected chi connectivity index (χ1v) is 20.1. The van der Waals surface area contributed by atoms with Crippen molar-refractivity contribution in [2.24, 2.45) is 0 Å². The lowest BCUT2D eigenvalue weighted by atomic mass is 9.70. The van der Waals surface area contributed by atoms with Crippen molar-refractivity contribution in [2.75, 3.05) is 4.90 Å². The van der Waals surface area contributed by atoms with E-state index in [2.05, 4.69) is 219 Å². The fraction of sp³-hybridized carbons (Fsp3) is 0.0714. The van der Waals surface area contributed by atoms with Crippen molar-refractivity contribution in [3.05, 3.63) is 234 Å². The van der Waals surface area contributed by atoms with Gasteiger partial charge in [0, 0.05) is 22.4 Å². The average molecular weight is 726 g/mol. The third-order valence-corrected chi connectivity index (χ3v) is 13.3. The quantitative estimate of drug-likeness (QED) is 0.175. The predicted octanol–water partition coefficient (Wildman–Crippen LogP) is 14.6. The minimum absolute atomic E-state index is 0.125. The Morgan fingerprint density at radius 3 is 1.68 bits per heavy atom. The molecule has 0 saturated carbocycles. The van der Waals surface area contributed by atoms with Crippen molar-refractivity contribution in [2.45, 2.75) is 24.7 Å². The number of benzene rings is 9. The molecule has 1 heteroatoms. The predicted molar refractivity (Wildman–Crippen MR) is 238 cm³/mol. The van der Waals surface area contributed by atoms with Gasteiger partial charge in [0.2, 0.25) is 0 Å². The van der Waals surface area contributed by atoms with Gasteiger partial charge in [0.05, 0.1) is 11.1 Å². The monoisotopic (exact) mass is 725 g/mol. The molecule has 12 rings (SSSR count). The number of anilines is 3. The van der Waals surface area contributed by atoms with Gasteiger partial charge in [-0.1, -0.05) is 184 Å². The van der Waals surface area contributed by atoms with Crippen LogP contribution < -0.4 is 4.90 Å². The highest BCUT2D eigenvalue weighted by Crippen LogP contribution is 2.65. The highest BCUT2D eigenvalue weighted by atomic mass is 15.1. The van der Waals surface area contributed by atoms with Crippen LogP contribution in [-0.4, -0.2) is 0 Å². The lowest BCUT2D eigenvalue weighted by Gasteiger charge is -2.32. The highest BCUT2D eigenvalue weighted by molar-refractivity contribution is 6.07. The Morgan fingerprint density at radius 2 is 0.912 bits per heavy atom. The Labute approximate surface area is 334 Å². The Morgan fingerprint density at radius 1 is 0.351 bits per heavy atom. The first-order chi connectivity index (χ1) is 28.0. The maximum Gasteiger partial charge on any atom is 0.0726 e. The van der Waals surface area contributed by atoms with E-state index in [4.69, 9.17) is 0 Å². The van der Waals surface area contributed by atoms with Gasteiger partial charge in [0.25, 0.3) is 0 Å². The fourth-order valence-corrected chi connectivity index (χ4v) is 10.8. The van der Waals surface area contributed by atoms with Crippen LogP contribution in [-0.2, 0) is 10.8 Å². The van der Waals surface area contributed by atoms with E-state index in [0.717, 1.165) is 11.4 Å². The van der Waals surface area contributed by atoms with Crippen LogP contribution >= 0.6 is 0 Å². The Balaban J connectivity index is 1.14. The molecule has 9 aromatic rings. The van der Waals surface area contributed by atoms with Crippen molar-refractivity contribution in [1.82, 2.24) is 0 Å². The number of hydrogen-bond donors (Lipinski definition) is 0. The van der Waals surface area contributed by atoms with Gasteiger partial charge >= 0.3 is 0 Å². The second kappa shape index (κ2) is 11.8. The number of hydrogen-bond acceptors (Lipinski definition) is 1. The van der Waals surface area contributed by atoms with Crippen LogP contribution in [0.5, 0.6) is 0 Å². The van der Waals surface area contributed by atoms with Gasteiger partial charge in [-0.3, -0.25) is 0 Å². The van der Waals surface area contributed by atoms with Crippen LogP contribution in [0.3, 0.4) is 0 Å². The molecule has 9 aromatic carbocycles. The second-order valence-electron chi connectivity index (χ2n) is 16.4. The minimum Gasteiger partial charge on any atom is -0.310 e. The van der Waals surface area contributed by atoms with Crippen molar-refractivity contribution < 1.29 is 0 Å². The summed E-state index contributed by atoms with van der Waals surface area (Å²) in [4.78, 5) is 2.52. The molecule has 0 amide bonds. The number of fused-ring (bicyclic) bond motifs is 15. The molecule has 3 aliphatic rings. The molecule has 1 unspecified atom stereocenters. The summed E-state index contributed by atoms with van der Waals surface area (Å²) in [5.41, 5.74) is 21.4. The van der Waals surface area contributed by atoms with E-state index in [1.54, 1.807) is 0 Å². The molecule has 268 valence electrons. The molecule has 3 aliphatic carbocycles. The molecule has 0 bridgehead atoms. The van der Waals surface area contributed by atoms with E-state index in [-0.39, 0.29) is 5.41 Å². The molecule has 1 spiro atoms. The molecule has 0 radical (unpaired) electrons. The first kappa shape index (κ1) is 32.3. The zero-order valence-corrected chi connectivity index (χ0v) is 32.0. The summed E-state index contributed by atoms with van der Waals surface area (Å²) in [5.74, 6) is 0. The van der Waals surface area contributed by atoms with E-state index in [9.17, 15) is 0 Å². The molecule has 1 atom stereocenters. The van der Waals surface area contributed by atoms with E-state index in [1.165, 1.54) is 94.3 Å². The third-order valence-electron chi connectivity index (χ3n) is 13.3. The zero-order chi connectivity index (χ0) is 37.9. The van der Waals surface area contributed by atoms with Crippen molar-refractivity contribution in [3.63, 3.8) is 0 Å². The normalized spacial score (nSPS) is 16.1. The standard InChI is InChI=1S/C56H39N/c1-55(2)46-22-11-8-19-42(46)43-33-32-40(35-51(43)55)57(39-30-27-37(28-31-39)36-15-4-3-5-16-36)52-26-14-25-49-54(52)45-21-10-13-24-48(45)56(49)47-23-12-9-20-44(47)53-41-18-7-6-17-38(41)29-34-50(53)56/h3-35H,1-2H3. The average Bonchev–Trinajstić information content (AvgIpc) is 3.83. The molecular weight excluding hydrogens is 687 g/mol. The van der Waals surface area contributed by atoms with Crippen LogP contribution in [0.15, 0.2) is 200 Å². The molecule has 57 heavy (non-hydrogen) atoms. The van der Waals surface area contributed by atoms with Crippen LogP contribution in [0.25, 0.3) is 55.3 Å². The molecular formula is C56H39N. The van der Waals surface area contributed by atoms with E-state index in [0.29, 0.717) is 0 Å². The minimum atomic E-state index is -0.456. The smallest absolute Gasteiger partial charge is 0.0726 e. The summed E-state index contributed by atoms with van der Waals surface area (Å²) in [7, 11) is 0. The van der Waals surface area contributed by atoms with Gasteiger partial charge in [-0.25, -0.2) is 0 Å². The first-order valence-electron chi connectivity index (χ1n) is 20.1. The highest BCUT2D eigenvalue weighted by Gasteiger charge is 2.53. The van der Waals surface area contributed by atoms with Crippen molar-refractivity contribution >= 4 is 27.8 Å². The summed E-state index contributed by atoms with van der Waals surface area (Å²) < 4.78 is 0. The SMILES string of the molecule is CC1(C)c2ccccc2-c2ccc(N(c3ccc(-c4ccccc4)cc3)c3cccc4c3-c3ccccc3C43c4ccccc4-c4c3ccc3ccccc43)cc21. The van der Waals surface area contributed by atoms with Crippen LogP contribution in [0, 0.1) is 0 Å². The maximum atomic E-state index is 2.52. The van der Waals surface area contributed by atoms with Crippen LogP contribution in [0.2, 0.25) is 0 Å². The topological polar surface area (TPSA) is 3.24 Å². The Bertz CT molecular complexity index is 3100. The van der Waals surface area contributed by atoms with Crippen molar-refractivity contribution in [3.8, 4) is 44.5 Å². The van der Waals surface area contributed by atoms with Crippen LogP contribution in [0.4, 0.5) is 17.1 Å². The molecule has 0 N–H and O–H groups in total. The molecule has 0 heterocycles. The van der Waals surface area contributed by atoms with E-state index in [1.807, 2.05) is 0 Å². The largest absolute Gasteiger partial charge is 0.310 e. The van der Waals surface area contributed by atoms with E-state index >= 15 is 0 Å². The fourth-order valence-electron chi connectivity index (χ4n) is 10.8. The number of nitrogens with zero attached hydrogens (tertiary/aromatic N) is 1. The van der Waals surface area contributed by atoms with Crippen molar-refractivity contribution in [1.29, 1.82) is 0 Å². The third kappa shape index (κ3) is 4.29. The summed E-state index contributed by atoms with van der Waals surface area (Å²) in [6, 6.07) is 74.9. The Hall–Kier alpha value is -6.96. The van der Waals surface area contributed by atoms with E-state index < -0.39 is 5.41 Å². The summed E-state index contributed by atoms with van der Waals surface area (Å²) in [6.07, 6.45) is 0. The summed E-state index contributed by atoms with van der Waals surface area (Å²) >= 11 is 0. The van der Waals surface area contributed by atoms with Gasteiger partial charge in [0.1, 0.15) is 0 Å². The summed E-state index contributed by atoms with van der Waals surface area (Å²) in [6.45, 7) is 4.75. The van der Waals surface area contributed by atoms with Crippen LogP contribution in [0.1, 0.15) is 47.2 Å². The molecule has 0 fully saturated rings.